The molecule has 13 heteroatoms. The molecular formula is C18H27N9O2S2. The molecule has 1 fully saturated rings. The molecule has 3 heterocycles. The van der Waals surface area contributed by atoms with Gasteiger partial charge < -0.3 is 15.5 Å². The zero-order valence-corrected chi connectivity index (χ0v) is 19.3. The summed E-state index contributed by atoms with van der Waals surface area (Å²) in [6.45, 7) is 4.65. The van der Waals surface area contributed by atoms with Crippen molar-refractivity contribution in [1.82, 2.24) is 40.1 Å². The Hall–Kier alpha value is -1.96. The smallest absolute Gasteiger partial charge is 0.191 e. The molecule has 4 atom stereocenters. The van der Waals surface area contributed by atoms with Gasteiger partial charge in [-0.25, -0.2) is 19.6 Å². The summed E-state index contributed by atoms with van der Waals surface area (Å²) < 4.78 is 1.61. The summed E-state index contributed by atoms with van der Waals surface area (Å²) in [5.74, 6) is 3.22. The van der Waals surface area contributed by atoms with E-state index < -0.39 is 24.2 Å². The van der Waals surface area contributed by atoms with Crippen molar-refractivity contribution in [2.24, 2.45) is 0 Å². The second kappa shape index (κ2) is 9.67. The van der Waals surface area contributed by atoms with Crippen molar-refractivity contribution < 1.29 is 10.2 Å². The summed E-state index contributed by atoms with van der Waals surface area (Å²) in [4.78, 5) is 13.6. The quantitative estimate of drug-likeness (QED) is 0.206. The van der Waals surface area contributed by atoms with Gasteiger partial charge >= 0.3 is 0 Å². The van der Waals surface area contributed by atoms with E-state index in [-0.39, 0.29) is 0 Å². The highest BCUT2D eigenvalue weighted by Crippen LogP contribution is 2.41. The summed E-state index contributed by atoms with van der Waals surface area (Å²) in [7, 11) is 0. The van der Waals surface area contributed by atoms with Crippen molar-refractivity contribution in [3.63, 3.8) is 0 Å². The maximum atomic E-state index is 10.8. The monoisotopic (exact) mass is 465 g/mol. The maximum Gasteiger partial charge on any atom is 0.191 e. The van der Waals surface area contributed by atoms with E-state index in [2.05, 4.69) is 54.0 Å². The lowest BCUT2D eigenvalue weighted by atomic mass is 10.1. The Morgan fingerprint density at radius 2 is 2.03 bits per heavy atom. The normalized spacial score (nSPS) is 23.6. The van der Waals surface area contributed by atoms with Gasteiger partial charge in [-0.05, 0) is 26.0 Å². The Labute approximate surface area is 188 Å². The first-order chi connectivity index (χ1) is 15.0. The number of aromatic nitrogens is 8. The first kappa shape index (κ1) is 22.2. The summed E-state index contributed by atoms with van der Waals surface area (Å²) >= 11 is 3.32. The number of aliphatic hydroxyl groups excluding tert-OH is 2. The molecule has 0 amide bonds. The van der Waals surface area contributed by atoms with Crippen LogP contribution in [0.15, 0.2) is 5.16 Å². The van der Waals surface area contributed by atoms with Crippen LogP contribution < -0.4 is 5.32 Å². The number of aryl methyl sites for hydroxylation is 1. The van der Waals surface area contributed by atoms with Crippen molar-refractivity contribution in [3.8, 4) is 0 Å². The molecule has 1 aliphatic rings. The molecule has 4 unspecified atom stereocenters. The molecule has 0 saturated heterocycles. The minimum atomic E-state index is -1.04. The third-order valence-corrected chi connectivity index (χ3v) is 6.91. The van der Waals surface area contributed by atoms with Crippen LogP contribution in [-0.4, -0.2) is 86.9 Å². The zero-order chi connectivity index (χ0) is 22.0. The first-order valence-corrected chi connectivity index (χ1v) is 12.6. The lowest BCUT2D eigenvalue weighted by molar-refractivity contribution is 0.0146. The van der Waals surface area contributed by atoms with Gasteiger partial charge in [-0.1, -0.05) is 23.9 Å². The van der Waals surface area contributed by atoms with Crippen LogP contribution in [0.2, 0.25) is 0 Å². The Balaban J connectivity index is 1.69. The van der Waals surface area contributed by atoms with E-state index in [0.29, 0.717) is 40.2 Å². The average Bonchev–Trinajstić information content (AvgIpc) is 3.45. The third kappa shape index (κ3) is 4.49. The lowest BCUT2D eigenvalue weighted by Crippen LogP contribution is -2.29. The molecule has 168 valence electrons. The number of nitrogens with one attached hydrogen (secondary N) is 2. The van der Waals surface area contributed by atoms with Gasteiger partial charge in [-0.2, -0.15) is 16.9 Å². The van der Waals surface area contributed by atoms with Gasteiger partial charge in [-0.3, -0.25) is 5.10 Å². The molecule has 4 rings (SSSR count). The second-order valence-corrected chi connectivity index (χ2v) is 9.55. The van der Waals surface area contributed by atoms with Crippen molar-refractivity contribution >= 4 is 40.5 Å². The second-order valence-electron chi connectivity index (χ2n) is 7.50. The standard InChI is InChI=1S/C18H27N9O2S2/c1-4-6-31-18-21-16(19-5-7-30-3)12-17(22-18)27(26-24-12)11-8-10(13(28)14(11)29)15-20-9(2)23-25-15/h10-11,13-14,28-29H,4-8H2,1-3H3,(H,19,21,22)(H,20,23,25). The van der Waals surface area contributed by atoms with Gasteiger partial charge in [0.2, 0.25) is 0 Å². The van der Waals surface area contributed by atoms with Crippen LogP contribution in [0.1, 0.15) is 43.4 Å². The van der Waals surface area contributed by atoms with Crippen molar-refractivity contribution in [2.45, 2.75) is 56.0 Å². The fourth-order valence-corrected chi connectivity index (χ4v) is 4.72. The average molecular weight is 466 g/mol. The summed E-state index contributed by atoms with van der Waals surface area (Å²) in [6.07, 6.45) is 1.44. The van der Waals surface area contributed by atoms with Crippen LogP contribution in [-0.2, 0) is 0 Å². The molecule has 3 aromatic heterocycles. The number of aromatic amines is 1. The fraction of sp³-hybridized carbons (Fsp3) is 0.667. The Morgan fingerprint density at radius 3 is 2.74 bits per heavy atom. The Morgan fingerprint density at radius 1 is 1.19 bits per heavy atom. The molecular weight excluding hydrogens is 438 g/mol. The van der Waals surface area contributed by atoms with Crippen molar-refractivity contribution in [2.75, 3.05) is 29.6 Å². The van der Waals surface area contributed by atoms with E-state index in [1.165, 1.54) is 0 Å². The minimum absolute atomic E-state index is 0.404. The molecule has 31 heavy (non-hydrogen) atoms. The molecule has 1 saturated carbocycles. The van der Waals surface area contributed by atoms with E-state index in [9.17, 15) is 10.2 Å². The molecule has 0 bridgehead atoms. The van der Waals surface area contributed by atoms with Crippen LogP contribution in [0.4, 0.5) is 5.82 Å². The minimum Gasteiger partial charge on any atom is -0.390 e. The summed E-state index contributed by atoms with van der Waals surface area (Å²) in [6, 6.07) is -0.498. The van der Waals surface area contributed by atoms with Crippen LogP contribution in [0.3, 0.4) is 0 Å². The highest BCUT2D eigenvalue weighted by Gasteiger charge is 2.46. The number of H-pyrrole nitrogens is 1. The van der Waals surface area contributed by atoms with E-state index in [1.54, 1.807) is 35.1 Å². The van der Waals surface area contributed by atoms with Crippen molar-refractivity contribution in [1.29, 1.82) is 0 Å². The molecule has 0 aromatic carbocycles. The van der Waals surface area contributed by atoms with Crippen molar-refractivity contribution in [3.05, 3.63) is 11.6 Å². The largest absolute Gasteiger partial charge is 0.390 e. The van der Waals surface area contributed by atoms with Crippen LogP contribution in [0, 0.1) is 6.92 Å². The molecule has 11 nitrogen and oxygen atoms in total. The van der Waals surface area contributed by atoms with E-state index >= 15 is 0 Å². The van der Waals surface area contributed by atoms with E-state index in [0.717, 1.165) is 24.5 Å². The highest BCUT2D eigenvalue weighted by atomic mass is 32.2. The lowest BCUT2D eigenvalue weighted by Gasteiger charge is -2.17. The molecule has 0 aliphatic heterocycles. The molecule has 0 radical (unpaired) electrons. The number of rotatable bonds is 9. The van der Waals surface area contributed by atoms with Crippen LogP contribution >= 0.6 is 23.5 Å². The van der Waals surface area contributed by atoms with Gasteiger partial charge in [-0.15, -0.1) is 5.10 Å². The number of thioether (sulfide) groups is 2. The van der Waals surface area contributed by atoms with Gasteiger partial charge in [0.1, 0.15) is 11.9 Å². The number of anilines is 1. The summed E-state index contributed by atoms with van der Waals surface area (Å²) in [5, 5.41) is 41.0. The zero-order valence-electron chi connectivity index (χ0n) is 17.7. The highest BCUT2D eigenvalue weighted by molar-refractivity contribution is 7.99. The SMILES string of the molecule is CCCSc1nc(NCCSC)c2nnn(C3CC(c4n[nH]c(C)n4)C(O)C3O)c2n1. The molecule has 1 aliphatic carbocycles. The van der Waals surface area contributed by atoms with Gasteiger partial charge in [0.25, 0.3) is 0 Å². The predicted molar refractivity (Wildman–Crippen MR) is 121 cm³/mol. The fourth-order valence-electron chi connectivity index (χ4n) is 3.72. The third-order valence-electron chi connectivity index (χ3n) is 5.25. The van der Waals surface area contributed by atoms with E-state index in [4.69, 9.17) is 0 Å². The van der Waals surface area contributed by atoms with E-state index in [1.807, 2.05) is 0 Å². The maximum absolute atomic E-state index is 10.8. The number of hydrogen-bond acceptors (Lipinski definition) is 11. The Bertz CT molecular complexity index is 1030. The Kier molecular flexibility index (Phi) is 6.94. The number of aliphatic hydroxyl groups is 2. The number of nitrogens with zero attached hydrogens (tertiary/aromatic N) is 7. The van der Waals surface area contributed by atoms with Gasteiger partial charge in [0.05, 0.1) is 18.1 Å². The van der Waals surface area contributed by atoms with Gasteiger partial charge in [0, 0.05) is 18.1 Å². The van der Waals surface area contributed by atoms with Crippen LogP contribution in [0.25, 0.3) is 11.2 Å². The topological polar surface area (TPSA) is 151 Å². The van der Waals surface area contributed by atoms with Gasteiger partial charge in [0.15, 0.2) is 28.0 Å². The molecule has 4 N–H and O–H groups in total. The molecule has 0 spiro atoms. The first-order valence-electron chi connectivity index (χ1n) is 10.3. The number of hydrogen-bond donors (Lipinski definition) is 4. The number of fused-ring (bicyclic) bond motifs is 1. The molecule has 3 aromatic rings. The predicted octanol–water partition coefficient (Wildman–Crippen LogP) is 1.38. The van der Waals surface area contributed by atoms with Crippen LogP contribution in [0.5, 0.6) is 0 Å². The summed E-state index contributed by atoms with van der Waals surface area (Å²) in [5.41, 5.74) is 1.10.